The van der Waals surface area contributed by atoms with E-state index in [1.165, 1.54) is 19.2 Å². The normalized spacial score (nSPS) is 12.2. The second-order valence-corrected chi connectivity index (χ2v) is 8.14. The number of ether oxygens (including phenoxy) is 2. The van der Waals surface area contributed by atoms with Crippen molar-refractivity contribution in [2.45, 2.75) is 25.0 Å². The topological polar surface area (TPSA) is 90.7 Å². The molecule has 0 bridgehead atoms. The van der Waals surface area contributed by atoms with Crippen molar-refractivity contribution in [2.24, 2.45) is 0 Å². The minimum absolute atomic E-state index is 0.0803. The van der Waals surface area contributed by atoms with Crippen LogP contribution in [0.4, 0.5) is 0 Å². The molecule has 2 aromatic heterocycles. The molecule has 0 aliphatic heterocycles. The van der Waals surface area contributed by atoms with E-state index in [9.17, 15) is 8.42 Å². The molecule has 0 aliphatic rings. The minimum atomic E-state index is -3.59. The maximum absolute atomic E-state index is 12.0. The van der Waals surface area contributed by atoms with E-state index in [0.717, 1.165) is 5.39 Å². The molecule has 0 radical (unpaired) electrons. The molecular weight excluding hydrogens is 404 g/mol. The summed E-state index contributed by atoms with van der Waals surface area (Å²) in [5, 5.41) is 1.04. The number of pyridine rings is 1. The highest BCUT2D eigenvalue weighted by Crippen LogP contribution is 2.37. The van der Waals surface area contributed by atoms with E-state index in [2.05, 4.69) is 9.71 Å². The van der Waals surface area contributed by atoms with Crippen molar-refractivity contribution in [1.82, 2.24) is 9.71 Å². The molecule has 28 heavy (non-hydrogen) atoms. The Morgan fingerprint density at radius 3 is 2.46 bits per heavy atom. The van der Waals surface area contributed by atoms with Crippen LogP contribution in [0.2, 0.25) is 5.02 Å². The van der Waals surface area contributed by atoms with Gasteiger partial charge in [0.15, 0.2) is 5.76 Å². The Hall–Kier alpha value is -1.97. The Morgan fingerprint density at radius 2 is 1.86 bits per heavy atom. The van der Waals surface area contributed by atoms with Gasteiger partial charge in [-0.1, -0.05) is 17.7 Å². The fourth-order valence-corrected chi connectivity index (χ4v) is 3.91. The van der Waals surface area contributed by atoms with Gasteiger partial charge in [-0.15, -0.1) is 0 Å². The number of halogens is 1. The van der Waals surface area contributed by atoms with Gasteiger partial charge in [0.25, 0.3) is 0 Å². The van der Waals surface area contributed by atoms with Gasteiger partial charge >= 0.3 is 0 Å². The molecule has 0 saturated carbocycles. The van der Waals surface area contributed by atoms with Crippen molar-refractivity contribution in [3.8, 4) is 11.1 Å². The zero-order valence-electron chi connectivity index (χ0n) is 15.7. The molecule has 0 fully saturated rings. The fraction of sp³-hybridized carbons (Fsp3) is 0.316. The lowest BCUT2D eigenvalue weighted by Crippen LogP contribution is -2.18. The Labute approximate surface area is 168 Å². The molecule has 150 valence electrons. The van der Waals surface area contributed by atoms with Crippen LogP contribution in [-0.4, -0.2) is 33.7 Å². The van der Waals surface area contributed by atoms with Gasteiger partial charge in [0, 0.05) is 47.1 Å². The smallest absolute Gasteiger partial charge is 0.240 e. The van der Waals surface area contributed by atoms with Gasteiger partial charge in [-0.25, -0.2) is 13.1 Å². The van der Waals surface area contributed by atoms with Crippen LogP contribution in [-0.2, 0) is 19.5 Å². The molecule has 0 amide bonds. The highest BCUT2D eigenvalue weighted by Gasteiger charge is 2.21. The first-order chi connectivity index (χ1) is 13.4. The summed E-state index contributed by atoms with van der Waals surface area (Å²) >= 11 is 6.39. The standard InChI is InChI=1S/C19H21ClN2O5S/c1-4-25-19(26-5-2)17-8-12-10-22-11-15(18(12)27-17)14-7-6-13(9-16(14)20)28(23,24)21-3/h6-11,19,21H,4-5H2,1-3H3. The molecule has 0 saturated heterocycles. The third kappa shape index (κ3) is 4.06. The molecule has 0 atom stereocenters. The summed E-state index contributed by atoms with van der Waals surface area (Å²) < 4.78 is 43.4. The molecule has 1 N–H and O–H groups in total. The summed E-state index contributed by atoms with van der Waals surface area (Å²) in [6.07, 6.45) is 2.68. The summed E-state index contributed by atoms with van der Waals surface area (Å²) in [5.74, 6) is 0.526. The first-order valence-corrected chi connectivity index (χ1v) is 10.6. The van der Waals surface area contributed by atoms with Crippen molar-refractivity contribution >= 4 is 32.6 Å². The largest absolute Gasteiger partial charge is 0.455 e. The van der Waals surface area contributed by atoms with Crippen LogP contribution < -0.4 is 4.72 Å². The van der Waals surface area contributed by atoms with Crippen molar-refractivity contribution in [1.29, 1.82) is 0 Å². The molecule has 0 spiro atoms. The molecule has 9 heteroatoms. The SMILES string of the molecule is CCOC(OCC)c1cc2cncc(-c3ccc(S(=O)(=O)NC)cc3Cl)c2o1. The van der Waals surface area contributed by atoms with Gasteiger partial charge in [0.1, 0.15) is 5.58 Å². The van der Waals surface area contributed by atoms with Gasteiger partial charge in [0.05, 0.1) is 4.90 Å². The predicted molar refractivity (Wildman–Crippen MR) is 107 cm³/mol. The lowest BCUT2D eigenvalue weighted by Gasteiger charge is -2.13. The highest BCUT2D eigenvalue weighted by molar-refractivity contribution is 7.89. The van der Waals surface area contributed by atoms with E-state index in [-0.39, 0.29) is 9.92 Å². The Balaban J connectivity index is 2.09. The van der Waals surface area contributed by atoms with Crippen molar-refractivity contribution in [3.05, 3.63) is 47.4 Å². The van der Waals surface area contributed by atoms with Gasteiger partial charge in [-0.05, 0) is 39.1 Å². The Kier molecular flexibility index (Phi) is 6.36. The second-order valence-electron chi connectivity index (χ2n) is 5.85. The lowest BCUT2D eigenvalue weighted by atomic mass is 10.1. The molecule has 0 aliphatic carbocycles. The quantitative estimate of drug-likeness (QED) is 0.547. The number of benzene rings is 1. The summed E-state index contributed by atoms with van der Waals surface area (Å²) in [7, 11) is -2.24. The van der Waals surface area contributed by atoms with Gasteiger partial charge in [-0.2, -0.15) is 0 Å². The summed E-state index contributed by atoms with van der Waals surface area (Å²) in [6, 6.07) is 6.33. The van der Waals surface area contributed by atoms with E-state index in [1.807, 2.05) is 19.9 Å². The number of nitrogens with zero attached hydrogens (tertiary/aromatic N) is 1. The maximum Gasteiger partial charge on any atom is 0.240 e. The maximum atomic E-state index is 12.0. The minimum Gasteiger partial charge on any atom is -0.455 e. The molecular formula is C19H21ClN2O5S. The molecule has 2 heterocycles. The number of hydrogen-bond donors (Lipinski definition) is 1. The first kappa shape index (κ1) is 20.8. The third-order valence-corrected chi connectivity index (χ3v) is 5.84. The zero-order chi connectivity index (χ0) is 20.3. The van der Waals surface area contributed by atoms with Crippen molar-refractivity contribution in [3.63, 3.8) is 0 Å². The van der Waals surface area contributed by atoms with Crippen LogP contribution in [0.5, 0.6) is 0 Å². The van der Waals surface area contributed by atoms with E-state index >= 15 is 0 Å². The predicted octanol–water partition coefficient (Wildman–Crippen LogP) is 4.13. The molecule has 3 rings (SSSR count). The number of sulfonamides is 1. The lowest BCUT2D eigenvalue weighted by molar-refractivity contribution is -0.150. The van der Waals surface area contributed by atoms with E-state index in [1.54, 1.807) is 18.5 Å². The van der Waals surface area contributed by atoms with Gasteiger partial charge in [0.2, 0.25) is 16.3 Å². The first-order valence-electron chi connectivity index (χ1n) is 8.75. The number of hydrogen-bond acceptors (Lipinski definition) is 6. The van der Waals surface area contributed by atoms with Gasteiger partial charge < -0.3 is 13.9 Å². The van der Waals surface area contributed by atoms with E-state index in [4.69, 9.17) is 25.5 Å². The molecule has 3 aromatic rings. The monoisotopic (exact) mass is 424 g/mol. The summed E-state index contributed by atoms with van der Waals surface area (Å²) in [6.45, 7) is 4.70. The number of aromatic nitrogens is 1. The number of nitrogens with one attached hydrogen (secondary N) is 1. The van der Waals surface area contributed by atoms with Crippen LogP contribution in [0.1, 0.15) is 25.9 Å². The van der Waals surface area contributed by atoms with E-state index < -0.39 is 16.3 Å². The number of rotatable bonds is 8. The molecule has 0 unspecified atom stereocenters. The number of furan rings is 1. The summed E-state index contributed by atoms with van der Waals surface area (Å²) in [4.78, 5) is 4.33. The van der Waals surface area contributed by atoms with Crippen molar-refractivity contribution in [2.75, 3.05) is 20.3 Å². The summed E-state index contributed by atoms with van der Waals surface area (Å²) in [5.41, 5.74) is 1.83. The Morgan fingerprint density at radius 1 is 1.14 bits per heavy atom. The average Bonchev–Trinajstić information content (AvgIpc) is 3.12. The number of fused-ring (bicyclic) bond motifs is 1. The van der Waals surface area contributed by atoms with Crippen LogP contribution in [0.25, 0.3) is 22.1 Å². The van der Waals surface area contributed by atoms with Crippen molar-refractivity contribution < 1.29 is 22.3 Å². The second kappa shape index (κ2) is 8.59. The van der Waals surface area contributed by atoms with E-state index in [0.29, 0.717) is 35.7 Å². The molecule has 7 nitrogen and oxygen atoms in total. The Bertz CT molecular complexity index is 1080. The third-order valence-electron chi connectivity index (χ3n) is 4.12. The van der Waals surface area contributed by atoms with Crippen LogP contribution >= 0.6 is 11.6 Å². The van der Waals surface area contributed by atoms with Crippen LogP contribution in [0, 0.1) is 0 Å². The molecule has 1 aromatic carbocycles. The fourth-order valence-electron chi connectivity index (χ4n) is 2.80. The van der Waals surface area contributed by atoms with Gasteiger partial charge in [-0.3, -0.25) is 4.98 Å². The highest BCUT2D eigenvalue weighted by atomic mass is 35.5. The zero-order valence-corrected chi connectivity index (χ0v) is 17.3. The van der Waals surface area contributed by atoms with Crippen LogP contribution in [0.3, 0.4) is 0 Å². The van der Waals surface area contributed by atoms with Crippen LogP contribution in [0.15, 0.2) is 46.0 Å². The average molecular weight is 425 g/mol.